The largest absolute Gasteiger partial charge is 0.454 e. The second kappa shape index (κ2) is 13.7. The van der Waals surface area contributed by atoms with Crippen molar-refractivity contribution in [1.29, 1.82) is 0 Å². The maximum atomic E-state index is 7.08. The van der Waals surface area contributed by atoms with Crippen LogP contribution in [-0.2, 0) is 27.1 Å². The minimum Gasteiger partial charge on any atom is -0.454 e. The highest BCUT2D eigenvalue weighted by molar-refractivity contribution is 6.95. The van der Waals surface area contributed by atoms with E-state index in [4.69, 9.17) is 4.42 Å². The van der Waals surface area contributed by atoms with Crippen LogP contribution in [0.15, 0.2) is 107 Å². The lowest BCUT2D eigenvalue weighted by Crippen LogP contribution is -2.64. The highest BCUT2D eigenvalue weighted by Gasteiger charge is 2.63. The normalized spacial score (nSPS) is 29.7. The SMILES string of the molecule is Cc1cc2c3c(c1)N1c4c(cc(C(C)(C)C)cc4C4(C)CCCCC14C)B3C1=CC=C(N3c4cc5c(cc4C4(C)CCCCC34C)C(C)(C)CCC5(C)C)CC1N2c1cccc2c1oc1ccccc12. The summed E-state index contributed by atoms with van der Waals surface area (Å²) < 4.78 is 7.08. The summed E-state index contributed by atoms with van der Waals surface area (Å²) in [5.41, 5.74) is 24.4. The molecule has 0 saturated heterocycles. The Morgan fingerprint density at radius 1 is 0.586 bits per heavy atom. The van der Waals surface area contributed by atoms with E-state index in [-0.39, 0.29) is 50.9 Å². The summed E-state index contributed by atoms with van der Waals surface area (Å²) in [7, 11) is 0. The Bertz CT molecular complexity index is 3380. The van der Waals surface area contributed by atoms with Crippen molar-refractivity contribution in [3.8, 4) is 0 Å². The summed E-state index contributed by atoms with van der Waals surface area (Å²) in [5.74, 6) is 0. The molecule has 5 aromatic carbocycles. The van der Waals surface area contributed by atoms with E-state index < -0.39 is 0 Å². The molecule has 0 N–H and O–H groups in total. The summed E-state index contributed by atoms with van der Waals surface area (Å²) in [4.78, 5) is 8.64. The highest BCUT2D eigenvalue weighted by atomic mass is 16.3. The maximum absolute atomic E-state index is 7.08. The van der Waals surface area contributed by atoms with E-state index in [2.05, 4.69) is 189 Å². The first-order valence-electron chi connectivity index (χ1n) is 27.4. The zero-order chi connectivity index (χ0) is 48.4. The number of anilines is 5. The van der Waals surface area contributed by atoms with Gasteiger partial charge in [0.05, 0.1) is 22.8 Å². The van der Waals surface area contributed by atoms with E-state index in [9.17, 15) is 0 Å². The number of hydrogen-bond donors (Lipinski definition) is 0. The Labute approximate surface area is 418 Å². The second-order valence-electron chi connectivity index (χ2n) is 27.0. The third kappa shape index (κ3) is 5.26. The quantitative estimate of drug-likeness (QED) is 0.161. The molecule has 70 heavy (non-hydrogen) atoms. The van der Waals surface area contributed by atoms with Gasteiger partial charge in [0.2, 0.25) is 6.71 Å². The van der Waals surface area contributed by atoms with Crippen molar-refractivity contribution in [1.82, 2.24) is 0 Å². The van der Waals surface area contributed by atoms with Gasteiger partial charge < -0.3 is 19.1 Å². The van der Waals surface area contributed by atoms with Crippen LogP contribution in [0.25, 0.3) is 21.9 Å². The molecule has 8 aliphatic rings. The summed E-state index contributed by atoms with van der Waals surface area (Å²) in [6, 6.07) is 31.6. The van der Waals surface area contributed by atoms with Gasteiger partial charge in [-0.15, -0.1) is 0 Å². The number of fused-ring (bicyclic) bond motifs is 14. The van der Waals surface area contributed by atoms with Crippen molar-refractivity contribution in [3.63, 3.8) is 0 Å². The Balaban J connectivity index is 1.06. The van der Waals surface area contributed by atoms with Crippen LogP contribution in [-0.4, -0.2) is 23.8 Å². The topological polar surface area (TPSA) is 22.9 Å². The van der Waals surface area contributed by atoms with E-state index >= 15 is 0 Å². The monoisotopic (exact) mass is 924 g/mol. The molecule has 2 fully saturated rings. The van der Waals surface area contributed by atoms with Crippen molar-refractivity contribution in [2.75, 3.05) is 14.7 Å². The van der Waals surface area contributed by atoms with Gasteiger partial charge in [-0.25, -0.2) is 0 Å². The van der Waals surface area contributed by atoms with E-state index in [0.29, 0.717) is 0 Å². The number of rotatable bonds is 2. The Hall–Kier alpha value is -5.16. The standard InChI is InChI=1S/C65H74BN3O/c1-39-32-53-56-54(33-39)69-57-47(63(10)27-16-18-29-65(63,69)12)34-40(59(2,3)4)35-49(57)66(56)48-25-24-41(36-52(48)67(53)50-22-19-21-43-42-20-13-14-23-55(42)70-58(43)50)68-51-38-45-44(60(5,6)30-31-61(45,7)8)37-46(51)62(9)26-15-17-28-64(62,68)11/h13-14,19-25,32-35,37-38,52H,15-18,26-31,36H2,1-12H3. The molecule has 0 amide bonds. The van der Waals surface area contributed by atoms with Gasteiger partial charge in [0.25, 0.3) is 0 Å². The van der Waals surface area contributed by atoms with Gasteiger partial charge in [-0.3, -0.25) is 0 Å². The van der Waals surface area contributed by atoms with Crippen molar-refractivity contribution in [2.24, 2.45) is 0 Å². The van der Waals surface area contributed by atoms with Crippen LogP contribution < -0.4 is 25.6 Å². The fraction of sp³-hybridized carbons (Fsp3) is 0.477. The van der Waals surface area contributed by atoms with E-state index in [1.165, 1.54) is 137 Å². The molecule has 0 spiro atoms. The maximum Gasteiger partial charge on any atom is 0.247 e. The number of para-hydroxylation sites is 2. The van der Waals surface area contributed by atoms with Crippen LogP contribution >= 0.6 is 0 Å². The number of furan rings is 1. The minimum absolute atomic E-state index is 0.00995. The highest BCUT2D eigenvalue weighted by Crippen LogP contribution is 2.65. The molecule has 4 aliphatic carbocycles. The molecular formula is C65H74BN3O. The van der Waals surface area contributed by atoms with Crippen LogP contribution in [0.3, 0.4) is 0 Å². The molecule has 0 radical (unpaired) electrons. The van der Waals surface area contributed by atoms with E-state index in [0.717, 1.165) is 17.6 Å². The molecule has 5 heterocycles. The van der Waals surface area contributed by atoms with Gasteiger partial charge in [-0.2, -0.15) is 0 Å². The Morgan fingerprint density at radius 3 is 1.96 bits per heavy atom. The summed E-state index contributed by atoms with van der Waals surface area (Å²) in [6.07, 6.45) is 18.6. The lowest BCUT2D eigenvalue weighted by Gasteiger charge is -2.55. The van der Waals surface area contributed by atoms with Crippen LogP contribution in [0.4, 0.5) is 28.4 Å². The first kappa shape index (κ1) is 43.6. The number of nitrogens with zero attached hydrogens (tertiary/aromatic N) is 3. The van der Waals surface area contributed by atoms with E-state index in [1.807, 2.05) is 0 Å². The molecule has 358 valence electrons. The minimum atomic E-state index is -0.0444. The van der Waals surface area contributed by atoms with Gasteiger partial charge in [0.15, 0.2) is 5.58 Å². The molecule has 4 aliphatic heterocycles. The summed E-state index contributed by atoms with van der Waals surface area (Å²) in [5, 5.41) is 2.38. The number of aryl methyl sites for hydroxylation is 1. The number of benzene rings is 5. The van der Waals surface area contributed by atoms with Crippen LogP contribution in [0.1, 0.15) is 180 Å². The lowest BCUT2D eigenvalue weighted by atomic mass is 9.31. The fourth-order valence-corrected chi connectivity index (χ4v) is 16.8. The molecule has 14 rings (SSSR count). The molecular weight excluding hydrogens is 850 g/mol. The average Bonchev–Trinajstić information content (AvgIpc) is 3.88. The molecule has 5 atom stereocenters. The summed E-state index contributed by atoms with van der Waals surface area (Å²) >= 11 is 0. The van der Waals surface area contributed by atoms with Crippen molar-refractivity contribution < 1.29 is 4.42 Å². The third-order valence-corrected chi connectivity index (χ3v) is 21.4. The van der Waals surface area contributed by atoms with Crippen molar-refractivity contribution in [3.05, 3.63) is 136 Å². The van der Waals surface area contributed by atoms with Crippen molar-refractivity contribution >= 4 is 68.0 Å². The molecule has 1 aromatic heterocycles. The van der Waals surface area contributed by atoms with Crippen LogP contribution in [0.5, 0.6) is 0 Å². The fourth-order valence-electron chi connectivity index (χ4n) is 16.8. The predicted molar refractivity (Wildman–Crippen MR) is 297 cm³/mol. The van der Waals surface area contributed by atoms with Gasteiger partial charge in [0, 0.05) is 56.5 Å². The number of allylic oxidation sites excluding steroid dienone is 2. The lowest BCUT2D eigenvalue weighted by molar-refractivity contribution is 0.189. The Kier molecular flexibility index (Phi) is 8.51. The first-order valence-corrected chi connectivity index (χ1v) is 27.4. The first-order chi connectivity index (χ1) is 33.2. The third-order valence-electron chi connectivity index (χ3n) is 21.4. The van der Waals surface area contributed by atoms with Gasteiger partial charge in [0.1, 0.15) is 5.58 Å². The zero-order valence-electron chi connectivity index (χ0n) is 44.3. The second-order valence-corrected chi connectivity index (χ2v) is 27.0. The molecule has 2 saturated carbocycles. The van der Waals surface area contributed by atoms with E-state index in [1.54, 1.807) is 22.3 Å². The van der Waals surface area contributed by atoms with Gasteiger partial charge in [-0.1, -0.05) is 148 Å². The smallest absolute Gasteiger partial charge is 0.247 e. The van der Waals surface area contributed by atoms with Crippen molar-refractivity contribution in [2.45, 2.75) is 198 Å². The zero-order valence-corrected chi connectivity index (χ0v) is 44.3. The van der Waals surface area contributed by atoms with Gasteiger partial charge in [-0.05, 0) is 156 Å². The Morgan fingerprint density at radius 2 is 1.23 bits per heavy atom. The molecule has 5 unspecified atom stereocenters. The van der Waals surface area contributed by atoms with Crippen LogP contribution in [0, 0.1) is 6.92 Å². The number of hydrogen-bond acceptors (Lipinski definition) is 4. The van der Waals surface area contributed by atoms with Crippen LogP contribution in [0.2, 0.25) is 0 Å². The average molecular weight is 924 g/mol. The van der Waals surface area contributed by atoms with Gasteiger partial charge >= 0.3 is 0 Å². The summed E-state index contributed by atoms with van der Waals surface area (Å²) in [6.45, 7) is 30.4. The predicted octanol–water partition coefficient (Wildman–Crippen LogP) is 15.6. The molecule has 4 nitrogen and oxygen atoms in total. The molecule has 0 bridgehead atoms. The molecule has 6 aromatic rings. The molecule has 5 heteroatoms.